The van der Waals surface area contributed by atoms with E-state index >= 15 is 0 Å². The van der Waals surface area contributed by atoms with Crippen molar-refractivity contribution in [3.63, 3.8) is 0 Å². The van der Waals surface area contributed by atoms with E-state index in [4.69, 9.17) is 4.74 Å². The molecule has 0 N–H and O–H groups in total. The molecule has 2 saturated heterocycles. The van der Waals surface area contributed by atoms with Gasteiger partial charge in [0.15, 0.2) is 5.13 Å². The first-order chi connectivity index (χ1) is 12.9. The van der Waals surface area contributed by atoms with Crippen LogP contribution in [0.1, 0.15) is 16.9 Å². The average Bonchev–Trinajstić information content (AvgIpc) is 3.05. The summed E-state index contributed by atoms with van der Waals surface area (Å²) >= 11 is 1.85. The number of benzene rings is 1. The molecule has 0 amide bonds. The Labute approximate surface area is 160 Å². The maximum atomic E-state index is 5.44. The molecule has 0 radical (unpaired) electrons. The van der Waals surface area contributed by atoms with Crippen molar-refractivity contribution in [3.05, 3.63) is 47.0 Å². The van der Waals surface area contributed by atoms with Crippen LogP contribution >= 0.6 is 11.3 Å². The predicted molar refractivity (Wildman–Crippen MR) is 107 cm³/mol. The molecule has 0 atom stereocenters. The van der Waals surface area contributed by atoms with Crippen LogP contribution in [0.4, 0.5) is 5.13 Å². The summed E-state index contributed by atoms with van der Waals surface area (Å²) in [6, 6.07) is 10.8. The fourth-order valence-electron chi connectivity index (χ4n) is 3.67. The first-order valence-electron chi connectivity index (χ1n) is 9.63. The predicted octanol–water partition coefficient (Wildman–Crippen LogP) is 2.69. The van der Waals surface area contributed by atoms with E-state index in [-0.39, 0.29) is 0 Å². The van der Waals surface area contributed by atoms with Crippen LogP contribution in [-0.4, -0.2) is 67.3 Å². The normalized spacial score (nSPS) is 20.2. The number of thiazole rings is 1. The van der Waals surface area contributed by atoms with Crippen molar-refractivity contribution < 1.29 is 4.74 Å². The molecule has 0 aliphatic carbocycles. The van der Waals surface area contributed by atoms with Gasteiger partial charge in [0.05, 0.1) is 13.2 Å². The summed E-state index contributed by atoms with van der Waals surface area (Å²) in [4.78, 5) is 13.5. The van der Waals surface area contributed by atoms with Gasteiger partial charge >= 0.3 is 0 Å². The van der Waals surface area contributed by atoms with E-state index in [2.05, 4.69) is 56.2 Å². The first kappa shape index (κ1) is 17.9. The van der Waals surface area contributed by atoms with Crippen LogP contribution < -0.4 is 4.90 Å². The van der Waals surface area contributed by atoms with Gasteiger partial charge in [-0.25, -0.2) is 4.98 Å². The van der Waals surface area contributed by atoms with Crippen LogP contribution in [0.25, 0.3) is 0 Å². The number of hydrogen-bond donors (Lipinski definition) is 0. The number of ether oxygens (including phenoxy) is 1. The Balaban J connectivity index is 1.28. The summed E-state index contributed by atoms with van der Waals surface area (Å²) in [6.45, 7) is 10.3. The van der Waals surface area contributed by atoms with Gasteiger partial charge in [0.2, 0.25) is 0 Å². The molecular formula is C20H28N4OS. The third-order valence-electron chi connectivity index (χ3n) is 5.13. The summed E-state index contributed by atoms with van der Waals surface area (Å²) in [7, 11) is 0. The molecule has 5 nitrogen and oxygen atoms in total. The zero-order chi connectivity index (χ0) is 17.6. The smallest absolute Gasteiger partial charge is 0.185 e. The molecule has 26 heavy (non-hydrogen) atoms. The van der Waals surface area contributed by atoms with E-state index in [9.17, 15) is 0 Å². The molecule has 0 unspecified atom stereocenters. The highest BCUT2D eigenvalue weighted by atomic mass is 32.1. The van der Waals surface area contributed by atoms with E-state index in [1.807, 2.05) is 11.3 Å². The van der Waals surface area contributed by atoms with Crippen LogP contribution in [0, 0.1) is 0 Å². The molecule has 0 spiro atoms. The molecule has 1 aromatic heterocycles. The molecule has 2 aromatic rings. The van der Waals surface area contributed by atoms with Gasteiger partial charge in [0.1, 0.15) is 0 Å². The van der Waals surface area contributed by atoms with Gasteiger partial charge in [-0.05, 0) is 25.1 Å². The van der Waals surface area contributed by atoms with Gasteiger partial charge in [0.25, 0.3) is 0 Å². The summed E-state index contributed by atoms with van der Waals surface area (Å²) in [5.74, 6) is 0. The van der Waals surface area contributed by atoms with Crippen molar-refractivity contribution in [2.75, 3.05) is 57.4 Å². The molecule has 2 aliphatic heterocycles. The lowest BCUT2D eigenvalue weighted by atomic mass is 10.2. The second kappa shape index (κ2) is 8.95. The Morgan fingerprint density at radius 1 is 0.885 bits per heavy atom. The zero-order valence-electron chi connectivity index (χ0n) is 15.3. The highest BCUT2D eigenvalue weighted by Gasteiger charge is 2.18. The lowest BCUT2D eigenvalue weighted by Crippen LogP contribution is -2.36. The maximum absolute atomic E-state index is 5.44. The second-order valence-corrected chi connectivity index (χ2v) is 8.19. The van der Waals surface area contributed by atoms with E-state index < -0.39 is 0 Å². The van der Waals surface area contributed by atoms with Crippen LogP contribution in [0.5, 0.6) is 0 Å². The summed E-state index contributed by atoms with van der Waals surface area (Å²) < 4.78 is 5.44. The zero-order valence-corrected chi connectivity index (χ0v) is 16.2. The molecule has 0 bridgehead atoms. The minimum Gasteiger partial charge on any atom is -0.378 e. The maximum Gasteiger partial charge on any atom is 0.185 e. The summed E-state index contributed by atoms with van der Waals surface area (Å²) in [6.07, 6.45) is 3.31. The Hall–Kier alpha value is -1.47. The number of aromatic nitrogens is 1. The molecule has 140 valence electrons. The van der Waals surface area contributed by atoms with Crippen molar-refractivity contribution in [2.45, 2.75) is 19.5 Å². The van der Waals surface area contributed by atoms with Gasteiger partial charge in [-0.2, -0.15) is 0 Å². The Bertz CT molecular complexity index is 671. The van der Waals surface area contributed by atoms with Crippen LogP contribution in [0.3, 0.4) is 0 Å². The van der Waals surface area contributed by atoms with E-state index in [0.29, 0.717) is 0 Å². The Morgan fingerprint density at radius 3 is 2.38 bits per heavy atom. The topological polar surface area (TPSA) is 31.8 Å². The lowest BCUT2D eigenvalue weighted by molar-refractivity contribution is 0.122. The highest BCUT2D eigenvalue weighted by molar-refractivity contribution is 7.15. The second-order valence-electron chi connectivity index (χ2n) is 7.10. The van der Waals surface area contributed by atoms with Crippen molar-refractivity contribution in [2.24, 2.45) is 0 Å². The quantitative estimate of drug-likeness (QED) is 0.806. The van der Waals surface area contributed by atoms with Gasteiger partial charge in [-0.3, -0.25) is 9.80 Å². The molecule has 3 heterocycles. The van der Waals surface area contributed by atoms with E-state index in [1.54, 1.807) is 0 Å². The molecule has 0 saturated carbocycles. The SMILES string of the molecule is c1ccc(CN2CCCN(Cc3cnc(N4CCOCC4)s3)CC2)cc1. The number of morpholine rings is 1. The molecular weight excluding hydrogens is 344 g/mol. The lowest BCUT2D eigenvalue weighted by Gasteiger charge is -2.26. The van der Waals surface area contributed by atoms with Gasteiger partial charge in [0, 0.05) is 50.3 Å². The minimum atomic E-state index is 0.818. The average molecular weight is 373 g/mol. The number of nitrogens with zero attached hydrogens (tertiary/aromatic N) is 4. The number of anilines is 1. The van der Waals surface area contributed by atoms with Crippen molar-refractivity contribution in [1.82, 2.24) is 14.8 Å². The van der Waals surface area contributed by atoms with Crippen LogP contribution in [-0.2, 0) is 17.8 Å². The largest absolute Gasteiger partial charge is 0.378 e. The van der Waals surface area contributed by atoms with Crippen molar-refractivity contribution in [3.8, 4) is 0 Å². The molecule has 2 aliphatic rings. The molecule has 4 rings (SSSR count). The fraction of sp³-hybridized carbons (Fsp3) is 0.550. The monoisotopic (exact) mass is 372 g/mol. The summed E-state index contributed by atoms with van der Waals surface area (Å²) in [5, 5.41) is 1.16. The number of rotatable bonds is 5. The van der Waals surface area contributed by atoms with Crippen LogP contribution in [0.2, 0.25) is 0 Å². The van der Waals surface area contributed by atoms with Gasteiger partial charge < -0.3 is 9.64 Å². The van der Waals surface area contributed by atoms with Crippen molar-refractivity contribution in [1.29, 1.82) is 0 Å². The third kappa shape index (κ3) is 4.82. The van der Waals surface area contributed by atoms with Gasteiger partial charge in [-0.15, -0.1) is 11.3 Å². The third-order valence-corrected chi connectivity index (χ3v) is 6.18. The molecule has 2 fully saturated rings. The van der Waals surface area contributed by atoms with Gasteiger partial charge in [-0.1, -0.05) is 30.3 Å². The Kier molecular flexibility index (Phi) is 6.17. The minimum absolute atomic E-state index is 0.818. The van der Waals surface area contributed by atoms with Crippen LogP contribution in [0.15, 0.2) is 36.5 Å². The molecule has 1 aromatic carbocycles. The van der Waals surface area contributed by atoms with E-state index in [0.717, 1.165) is 57.6 Å². The highest BCUT2D eigenvalue weighted by Crippen LogP contribution is 2.24. The Morgan fingerprint density at radius 2 is 1.62 bits per heavy atom. The van der Waals surface area contributed by atoms with Crippen molar-refractivity contribution >= 4 is 16.5 Å². The number of hydrogen-bond acceptors (Lipinski definition) is 6. The molecule has 6 heteroatoms. The standard InChI is InChI=1S/C20H28N4OS/c1-2-5-18(6-3-1)16-22-7-4-8-23(10-9-22)17-19-15-21-20(26-19)24-11-13-25-14-12-24/h1-3,5-6,15H,4,7-14,16-17H2. The van der Waals surface area contributed by atoms with E-state index in [1.165, 1.54) is 30.0 Å². The summed E-state index contributed by atoms with van der Waals surface area (Å²) in [5.41, 5.74) is 1.42. The first-order valence-corrected chi connectivity index (χ1v) is 10.4. The fourth-order valence-corrected chi connectivity index (χ4v) is 4.68.